The van der Waals surface area contributed by atoms with Crippen LogP contribution in [0.2, 0.25) is 5.15 Å². The van der Waals surface area contributed by atoms with Crippen LogP contribution in [0, 0.1) is 0 Å². The second-order valence-electron chi connectivity index (χ2n) is 5.70. The van der Waals surface area contributed by atoms with Gasteiger partial charge in [0.25, 0.3) is 0 Å². The normalized spacial score (nSPS) is 10.9. The Hall–Kier alpha value is -2.98. The molecular formula is C20H14ClN3O. The van der Waals surface area contributed by atoms with Gasteiger partial charge < -0.3 is 4.57 Å². The van der Waals surface area contributed by atoms with E-state index in [2.05, 4.69) is 34.2 Å². The largest absolute Gasteiger partial charge is 0.316 e. The number of hydrogen-bond donors (Lipinski definition) is 0. The number of aldehydes is 1. The molecule has 122 valence electrons. The van der Waals surface area contributed by atoms with Gasteiger partial charge in [-0.2, -0.15) is 0 Å². The Labute approximate surface area is 149 Å². The van der Waals surface area contributed by atoms with E-state index in [1.165, 1.54) is 0 Å². The fourth-order valence-electron chi connectivity index (χ4n) is 3.02. The first-order chi connectivity index (χ1) is 12.3. The molecule has 4 aromatic rings. The predicted molar refractivity (Wildman–Crippen MR) is 98.9 cm³/mol. The SMILES string of the molecule is O=Cc1c(Cl)nc(-c2cccnc2)n1Cc1cccc2ccccc12. The molecule has 0 N–H and O–H groups in total. The molecule has 2 heterocycles. The highest BCUT2D eigenvalue weighted by molar-refractivity contribution is 6.31. The van der Waals surface area contributed by atoms with Crippen LogP contribution < -0.4 is 0 Å². The van der Waals surface area contributed by atoms with E-state index in [0.717, 1.165) is 28.2 Å². The number of hydrogen-bond acceptors (Lipinski definition) is 3. The molecule has 0 aliphatic heterocycles. The van der Waals surface area contributed by atoms with Crippen LogP contribution in [0.5, 0.6) is 0 Å². The smallest absolute Gasteiger partial charge is 0.169 e. The Morgan fingerprint density at radius 2 is 1.88 bits per heavy atom. The number of fused-ring (bicyclic) bond motifs is 1. The lowest BCUT2D eigenvalue weighted by Gasteiger charge is -2.12. The maximum Gasteiger partial charge on any atom is 0.169 e. The molecule has 25 heavy (non-hydrogen) atoms. The molecule has 5 heteroatoms. The molecule has 0 saturated carbocycles. The molecule has 0 atom stereocenters. The predicted octanol–water partition coefficient (Wildman–Crippen LogP) is 4.61. The number of carbonyl (C=O) groups is 1. The fourth-order valence-corrected chi connectivity index (χ4v) is 3.25. The van der Waals surface area contributed by atoms with Crippen molar-refractivity contribution in [1.82, 2.24) is 14.5 Å². The van der Waals surface area contributed by atoms with E-state index in [1.54, 1.807) is 12.4 Å². The first-order valence-electron chi connectivity index (χ1n) is 7.86. The third-order valence-corrected chi connectivity index (χ3v) is 4.48. The summed E-state index contributed by atoms with van der Waals surface area (Å²) in [6.45, 7) is 0.499. The van der Waals surface area contributed by atoms with E-state index in [0.29, 0.717) is 18.1 Å². The van der Waals surface area contributed by atoms with Crippen molar-refractivity contribution in [3.05, 3.63) is 83.4 Å². The van der Waals surface area contributed by atoms with Gasteiger partial charge in [0.2, 0.25) is 0 Å². The fraction of sp³-hybridized carbons (Fsp3) is 0.0500. The van der Waals surface area contributed by atoms with Crippen LogP contribution in [0.1, 0.15) is 16.1 Å². The van der Waals surface area contributed by atoms with E-state index < -0.39 is 0 Å². The van der Waals surface area contributed by atoms with Gasteiger partial charge in [0.05, 0.1) is 6.54 Å². The summed E-state index contributed by atoms with van der Waals surface area (Å²) in [4.78, 5) is 20.1. The number of carbonyl (C=O) groups excluding carboxylic acids is 1. The van der Waals surface area contributed by atoms with Crippen molar-refractivity contribution in [1.29, 1.82) is 0 Å². The second kappa shape index (κ2) is 6.49. The number of halogens is 1. The molecule has 0 unspecified atom stereocenters. The third-order valence-electron chi connectivity index (χ3n) is 4.20. The molecule has 4 rings (SSSR count). The first-order valence-corrected chi connectivity index (χ1v) is 8.24. The minimum atomic E-state index is 0.203. The van der Waals surface area contributed by atoms with Gasteiger partial charge in [-0.3, -0.25) is 9.78 Å². The zero-order valence-corrected chi connectivity index (χ0v) is 14.0. The number of rotatable bonds is 4. The van der Waals surface area contributed by atoms with Crippen molar-refractivity contribution < 1.29 is 4.79 Å². The molecule has 2 aromatic heterocycles. The zero-order valence-electron chi connectivity index (χ0n) is 13.3. The summed E-state index contributed by atoms with van der Waals surface area (Å²) >= 11 is 6.20. The van der Waals surface area contributed by atoms with E-state index >= 15 is 0 Å². The zero-order chi connectivity index (χ0) is 17.2. The second-order valence-corrected chi connectivity index (χ2v) is 6.05. The highest BCUT2D eigenvalue weighted by atomic mass is 35.5. The molecule has 0 fully saturated rings. The highest BCUT2D eigenvalue weighted by Crippen LogP contribution is 2.27. The Morgan fingerprint density at radius 3 is 2.68 bits per heavy atom. The van der Waals surface area contributed by atoms with Gasteiger partial charge in [-0.1, -0.05) is 54.1 Å². The molecule has 0 amide bonds. The molecule has 0 saturated heterocycles. The molecule has 0 aliphatic carbocycles. The van der Waals surface area contributed by atoms with Gasteiger partial charge in [0.15, 0.2) is 11.4 Å². The molecule has 0 radical (unpaired) electrons. The number of pyridine rings is 1. The lowest BCUT2D eigenvalue weighted by Crippen LogP contribution is -2.06. The van der Waals surface area contributed by atoms with Crippen LogP contribution in [0.4, 0.5) is 0 Å². The van der Waals surface area contributed by atoms with Crippen molar-refractivity contribution in [2.45, 2.75) is 6.54 Å². The minimum absolute atomic E-state index is 0.203. The number of nitrogens with zero attached hydrogens (tertiary/aromatic N) is 3. The maximum absolute atomic E-state index is 11.6. The Bertz CT molecular complexity index is 1050. The van der Waals surface area contributed by atoms with Crippen LogP contribution in [0.15, 0.2) is 67.0 Å². The third kappa shape index (κ3) is 2.81. The van der Waals surface area contributed by atoms with Crippen molar-refractivity contribution >= 4 is 28.7 Å². The van der Waals surface area contributed by atoms with E-state index in [-0.39, 0.29) is 5.15 Å². The van der Waals surface area contributed by atoms with Crippen LogP contribution in [-0.4, -0.2) is 20.8 Å². The summed E-state index contributed by atoms with van der Waals surface area (Å²) in [6, 6.07) is 18.0. The average molecular weight is 348 g/mol. The van der Waals surface area contributed by atoms with Gasteiger partial charge in [0, 0.05) is 18.0 Å². The Morgan fingerprint density at radius 1 is 1.04 bits per heavy atom. The summed E-state index contributed by atoms with van der Waals surface area (Å²) in [6.07, 6.45) is 4.16. The summed E-state index contributed by atoms with van der Waals surface area (Å²) in [7, 11) is 0. The number of benzene rings is 2. The van der Waals surface area contributed by atoms with Crippen molar-refractivity contribution in [3.63, 3.8) is 0 Å². The Balaban J connectivity index is 1.89. The topological polar surface area (TPSA) is 47.8 Å². The molecule has 0 bridgehead atoms. The molecule has 4 nitrogen and oxygen atoms in total. The van der Waals surface area contributed by atoms with Crippen molar-refractivity contribution in [2.75, 3.05) is 0 Å². The number of aromatic nitrogens is 3. The summed E-state index contributed by atoms with van der Waals surface area (Å²) < 4.78 is 1.84. The van der Waals surface area contributed by atoms with Gasteiger partial charge in [-0.25, -0.2) is 4.98 Å². The van der Waals surface area contributed by atoms with Crippen LogP contribution in [0.3, 0.4) is 0 Å². The van der Waals surface area contributed by atoms with Gasteiger partial charge >= 0.3 is 0 Å². The van der Waals surface area contributed by atoms with Crippen LogP contribution in [0.25, 0.3) is 22.2 Å². The summed E-state index contributed by atoms with van der Waals surface area (Å²) in [5.74, 6) is 0.633. The van der Waals surface area contributed by atoms with Gasteiger partial charge in [-0.15, -0.1) is 0 Å². The molecule has 0 aliphatic rings. The van der Waals surface area contributed by atoms with Crippen molar-refractivity contribution in [2.24, 2.45) is 0 Å². The summed E-state index contributed by atoms with van der Waals surface area (Å²) in [5, 5.41) is 2.50. The summed E-state index contributed by atoms with van der Waals surface area (Å²) in [5.41, 5.74) is 2.28. The van der Waals surface area contributed by atoms with Crippen molar-refractivity contribution in [3.8, 4) is 11.4 Å². The number of imidazole rings is 1. The molecular weight excluding hydrogens is 334 g/mol. The van der Waals surface area contributed by atoms with E-state index in [1.807, 2.05) is 34.9 Å². The van der Waals surface area contributed by atoms with E-state index in [4.69, 9.17) is 11.6 Å². The standard InChI is InChI=1S/C20H14ClN3O/c21-19-18(13-25)24(20(23-19)15-8-4-10-22-11-15)12-16-7-3-6-14-5-1-2-9-17(14)16/h1-11,13H,12H2. The van der Waals surface area contributed by atoms with Gasteiger partial charge in [-0.05, 0) is 28.5 Å². The Kier molecular flexibility index (Phi) is 4.04. The monoisotopic (exact) mass is 347 g/mol. The lowest BCUT2D eigenvalue weighted by atomic mass is 10.0. The van der Waals surface area contributed by atoms with Crippen LogP contribution >= 0.6 is 11.6 Å². The van der Waals surface area contributed by atoms with Gasteiger partial charge in [0.1, 0.15) is 11.5 Å². The average Bonchev–Trinajstić information content (AvgIpc) is 2.98. The van der Waals surface area contributed by atoms with Crippen LogP contribution in [-0.2, 0) is 6.54 Å². The molecule has 0 spiro atoms. The lowest BCUT2D eigenvalue weighted by molar-refractivity contribution is 0.111. The quantitative estimate of drug-likeness (QED) is 0.506. The molecule has 2 aromatic carbocycles. The minimum Gasteiger partial charge on any atom is -0.316 e. The first kappa shape index (κ1) is 15.5. The highest BCUT2D eigenvalue weighted by Gasteiger charge is 2.17. The maximum atomic E-state index is 11.6. The van der Waals surface area contributed by atoms with E-state index in [9.17, 15) is 4.79 Å².